The molecule has 0 aromatic heterocycles. The molecule has 1 heterocycles. The summed E-state index contributed by atoms with van der Waals surface area (Å²) in [4.78, 5) is 4.66. The molecule has 0 atom stereocenters. The molecule has 0 N–H and O–H groups in total. The Labute approximate surface area is 93.4 Å². The molecule has 1 nitrogen and oxygen atoms in total. The number of aliphatic imine (C=N–C) groups is 1. The van der Waals surface area contributed by atoms with Crippen LogP contribution in [0.15, 0.2) is 23.2 Å². The topological polar surface area (TPSA) is 12.4 Å². The minimum atomic E-state index is 0.105. The average molecular weight is 252 g/mol. The Bertz CT molecular complexity index is 405. The van der Waals surface area contributed by atoms with Crippen molar-refractivity contribution < 1.29 is 0 Å². The SMILES string of the molecule is CC1=Nc2c(CBr)cccc2C1(C)C. The van der Waals surface area contributed by atoms with Crippen molar-refractivity contribution in [1.29, 1.82) is 0 Å². The van der Waals surface area contributed by atoms with Crippen LogP contribution in [0.25, 0.3) is 0 Å². The largest absolute Gasteiger partial charge is 0.257 e. The molecule has 0 bridgehead atoms. The molecule has 0 spiro atoms. The predicted octanol–water partition coefficient (Wildman–Crippen LogP) is 3.97. The normalized spacial score (nSPS) is 17.9. The minimum absolute atomic E-state index is 0.105. The Morgan fingerprint density at radius 2 is 2.07 bits per heavy atom. The first kappa shape index (κ1) is 9.91. The van der Waals surface area contributed by atoms with Crippen LogP contribution in [0.5, 0.6) is 0 Å². The highest BCUT2D eigenvalue weighted by Crippen LogP contribution is 2.42. The summed E-state index contributed by atoms with van der Waals surface area (Å²) in [5.74, 6) is 0. The van der Waals surface area contributed by atoms with Gasteiger partial charge in [0.1, 0.15) is 0 Å². The van der Waals surface area contributed by atoms with E-state index in [-0.39, 0.29) is 5.41 Å². The van der Waals surface area contributed by atoms with Crippen molar-refractivity contribution in [3.05, 3.63) is 29.3 Å². The van der Waals surface area contributed by atoms with E-state index in [0.717, 1.165) is 5.33 Å². The summed E-state index contributed by atoms with van der Waals surface area (Å²) in [7, 11) is 0. The highest BCUT2D eigenvalue weighted by molar-refractivity contribution is 9.08. The second kappa shape index (κ2) is 3.20. The van der Waals surface area contributed by atoms with E-state index in [0.29, 0.717) is 0 Å². The van der Waals surface area contributed by atoms with Crippen molar-refractivity contribution in [3.8, 4) is 0 Å². The van der Waals surface area contributed by atoms with Crippen molar-refractivity contribution in [2.24, 2.45) is 4.99 Å². The van der Waals surface area contributed by atoms with Crippen molar-refractivity contribution in [1.82, 2.24) is 0 Å². The van der Waals surface area contributed by atoms with Gasteiger partial charge in [-0.1, -0.05) is 48.0 Å². The van der Waals surface area contributed by atoms with E-state index in [4.69, 9.17) is 0 Å². The molecule has 0 aliphatic carbocycles. The quantitative estimate of drug-likeness (QED) is 0.671. The van der Waals surface area contributed by atoms with Gasteiger partial charge in [0.05, 0.1) is 5.69 Å². The fourth-order valence-electron chi connectivity index (χ4n) is 1.84. The highest BCUT2D eigenvalue weighted by Gasteiger charge is 2.32. The van der Waals surface area contributed by atoms with Gasteiger partial charge >= 0.3 is 0 Å². The number of rotatable bonds is 1. The maximum Gasteiger partial charge on any atom is 0.0711 e. The third kappa shape index (κ3) is 1.24. The van der Waals surface area contributed by atoms with Crippen LogP contribution < -0.4 is 0 Å². The lowest BCUT2D eigenvalue weighted by Crippen LogP contribution is -2.22. The monoisotopic (exact) mass is 251 g/mol. The first-order valence-electron chi connectivity index (χ1n) is 4.81. The number of nitrogens with zero attached hydrogens (tertiary/aromatic N) is 1. The number of hydrogen-bond acceptors (Lipinski definition) is 1. The zero-order valence-electron chi connectivity index (χ0n) is 8.76. The second-order valence-corrected chi connectivity index (χ2v) is 4.83. The predicted molar refractivity (Wildman–Crippen MR) is 64.9 cm³/mol. The Morgan fingerprint density at radius 3 is 2.71 bits per heavy atom. The van der Waals surface area contributed by atoms with E-state index < -0.39 is 0 Å². The van der Waals surface area contributed by atoms with Gasteiger partial charge in [-0.3, -0.25) is 4.99 Å². The fraction of sp³-hybridized carbons (Fsp3) is 0.417. The van der Waals surface area contributed by atoms with Gasteiger partial charge < -0.3 is 0 Å². The van der Waals surface area contributed by atoms with Crippen molar-refractivity contribution in [2.45, 2.75) is 31.5 Å². The average Bonchev–Trinajstić information content (AvgIpc) is 2.39. The van der Waals surface area contributed by atoms with Gasteiger partial charge in [-0.05, 0) is 18.1 Å². The molecule has 0 radical (unpaired) electrons. The standard InChI is InChI=1S/C12H14BrN/c1-8-12(2,3)10-6-4-5-9(7-13)11(10)14-8/h4-6H,7H2,1-3H3. The number of fused-ring (bicyclic) bond motifs is 1. The third-order valence-electron chi connectivity index (χ3n) is 3.12. The molecule has 2 heteroatoms. The van der Waals surface area contributed by atoms with Gasteiger partial charge in [0, 0.05) is 16.5 Å². The van der Waals surface area contributed by atoms with Crippen molar-refractivity contribution >= 4 is 27.3 Å². The smallest absolute Gasteiger partial charge is 0.0711 e. The first-order chi connectivity index (χ1) is 6.57. The molecule has 0 amide bonds. The molecule has 74 valence electrons. The van der Waals surface area contributed by atoms with Crippen LogP contribution in [0, 0.1) is 0 Å². The molecular weight excluding hydrogens is 238 g/mol. The highest BCUT2D eigenvalue weighted by atomic mass is 79.9. The maximum atomic E-state index is 4.66. The summed E-state index contributed by atoms with van der Waals surface area (Å²) in [6, 6.07) is 6.43. The lowest BCUT2D eigenvalue weighted by Gasteiger charge is -2.19. The molecule has 1 aromatic carbocycles. The summed E-state index contributed by atoms with van der Waals surface area (Å²) in [6.07, 6.45) is 0. The fourth-order valence-corrected chi connectivity index (χ4v) is 2.29. The van der Waals surface area contributed by atoms with Crippen LogP contribution in [0.4, 0.5) is 5.69 Å². The molecule has 14 heavy (non-hydrogen) atoms. The summed E-state index contributed by atoms with van der Waals surface area (Å²) in [6.45, 7) is 6.57. The van der Waals surface area contributed by atoms with Gasteiger partial charge in [-0.25, -0.2) is 0 Å². The van der Waals surface area contributed by atoms with E-state index in [1.165, 1.54) is 22.5 Å². The van der Waals surface area contributed by atoms with Gasteiger partial charge in [-0.2, -0.15) is 0 Å². The van der Waals surface area contributed by atoms with E-state index in [1.807, 2.05) is 0 Å². The Morgan fingerprint density at radius 1 is 1.36 bits per heavy atom. The number of halogens is 1. The van der Waals surface area contributed by atoms with E-state index >= 15 is 0 Å². The minimum Gasteiger partial charge on any atom is -0.257 e. The molecular formula is C12H14BrN. The van der Waals surface area contributed by atoms with Crippen LogP contribution in [0.3, 0.4) is 0 Å². The van der Waals surface area contributed by atoms with Crippen LogP contribution in [0.2, 0.25) is 0 Å². The summed E-state index contributed by atoms with van der Waals surface area (Å²) >= 11 is 3.50. The van der Waals surface area contributed by atoms with Crippen LogP contribution >= 0.6 is 15.9 Å². The second-order valence-electron chi connectivity index (χ2n) is 4.27. The molecule has 2 rings (SSSR count). The first-order valence-corrected chi connectivity index (χ1v) is 5.93. The Balaban J connectivity index is 2.66. The number of hydrogen-bond donors (Lipinski definition) is 0. The third-order valence-corrected chi connectivity index (χ3v) is 3.73. The maximum absolute atomic E-state index is 4.66. The molecule has 1 aliphatic rings. The molecule has 0 fully saturated rings. The van der Waals surface area contributed by atoms with Crippen molar-refractivity contribution in [3.63, 3.8) is 0 Å². The van der Waals surface area contributed by atoms with Gasteiger partial charge in [0.2, 0.25) is 0 Å². The zero-order valence-corrected chi connectivity index (χ0v) is 10.4. The zero-order chi connectivity index (χ0) is 10.3. The van der Waals surface area contributed by atoms with Crippen molar-refractivity contribution in [2.75, 3.05) is 0 Å². The number of para-hydroxylation sites is 1. The molecule has 0 saturated heterocycles. The van der Waals surface area contributed by atoms with E-state index in [2.05, 4.69) is 59.9 Å². The summed E-state index contributed by atoms with van der Waals surface area (Å²) < 4.78 is 0. The lowest BCUT2D eigenvalue weighted by atomic mass is 9.82. The van der Waals surface area contributed by atoms with Crippen LogP contribution in [-0.4, -0.2) is 5.71 Å². The molecule has 1 aromatic rings. The number of benzene rings is 1. The van der Waals surface area contributed by atoms with Gasteiger partial charge in [-0.15, -0.1) is 0 Å². The summed E-state index contributed by atoms with van der Waals surface area (Å²) in [5, 5.41) is 0.878. The summed E-state index contributed by atoms with van der Waals surface area (Å²) in [5.41, 5.74) is 5.13. The molecule has 0 saturated carbocycles. The molecule has 0 unspecified atom stereocenters. The number of alkyl halides is 1. The lowest BCUT2D eigenvalue weighted by molar-refractivity contribution is 0.733. The van der Waals surface area contributed by atoms with Gasteiger partial charge in [0.25, 0.3) is 0 Å². The molecule has 1 aliphatic heterocycles. The Kier molecular flexibility index (Phi) is 2.26. The Hall–Kier alpha value is -0.630. The van der Waals surface area contributed by atoms with Crippen LogP contribution in [-0.2, 0) is 10.7 Å². The van der Waals surface area contributed by atoms with Crippen LogP contribution in [0.1, 0.15) is 31.9 Å². The van der Waals surface area contributed by atoms with Gasteiger partial charge in [0.15, 0.2) is 0 Å². The van der Waals surface area contributed by atoms with E-state index in [1.54, 1.807) is 0 Å². The van der Waals surface area contributed by atoms with E-state index in [9.17, 15) is 0 Å².